The van der Waals surface area contributed by atoms with Crippen molar-refractivity contribution in [2.45, 2.75) is 180 Å². The summed E-state index contributed by atoms with van der Waals surface area (Å²) in [5.41, 5.74) is 1.26. The van der Waals surface area contributed by atoms with E-state index in [9.17, 15) is 34.2 Å². The molecular formula is C55H87NO15. The van der Waals surface area contributed by atoms with Gasteiger partial charge in [-0.25, -0.2) is 4.79 Å². The Morgan fingerprint density at radius 2 is 1.58 bits per heavy atom. The van der Waals surface area contributed by atoms with Crippen molar-refractivity contribution in [2.24, 2.45) is 35.5 Å². The lowest BCUT2D eigenvalue weighted by Gasteiger charge is -2.42. The number of aliphatic hydroxyl groups is 3. The number of piperidine rings is 1. The molecule has 3 N–H and O–H groups in total. The van der Waals surface area contributed by atoms with Crippen LogP contribution in [0.25, 0.3) is 0 Å². The SMILES string of the molecule is COC1C[C@@H]2CC[C@@H](C)[C@@](O)(O2)C(=O)C(=O)N2CCCC[C@H]2C(=O)O[C@H]([C@H](C)C[C@@H]2CC[C@@H](OCCOCCO)[C@H](OC)C2)CC(=O)[C@H](C)/C=C(\C)[C@@H](O)C(OC)C(=O)[C@H](C)C[C@H](C)/C=C/C=C/C=C/1C. The number of ether oxygens (including phenoxy) is 7. The molecule has 1 saturated carbocycles. The number of Topliss-reactive ketones (excluding diaryl/α,β-unsaturated/α-hetero) is 3. The molecule has 2 bridgehead atoms. The number of rotatable bonds is 12. The molecule has 4 aliphatic rings. The van der Waals surface area contributed by atoms with Gasteiger partial charge in [-0.05, 0) is 107 Å². The summed E-state index contributed by atoms with van der Waals surface area (Å²) < 4.78 is 41.3. The Hall–Kier alpha value is -3.45. The highest BCUT2D eigenvalue weighted by Crippen LogP contribution is 2.38. The summed E-state index contributed by atoms with van der Waals surface area (Å²) in [6.45, 7) is 13.6. The molecule has 0 radical (unpaired) electrons. The van der Waals surface area contributed by atoms with E-state index in [1.807, 2.05) is 58.1 Å². The summed E-state index contributed by atoms with van der Waals surface area (Å²) in [4.78, 5) is 72.4. The monoisotopic (exact) mass is 1000 g/mol. The first kappa shape index (κ1) is 60.1. The molecule has 0 spiro atoms. The predicted octanol–water partition coefficient (Wildman–Crippen LogP) is 6.21. The van der Waals surface area contributed by atoms with Crippen molar-refractivity contribution in [1.82, 2.24) is 4.90 Å². The van der Waals surface area contributed by atoms with Crippen molar-refractivity contribution < 1.29 is 72.5 Å². The van der Waals surface area contributed by atoms with E-state index in [0.29, 0.717) is 76.6 Å². The smallest absolute Gasteiger partial charge is 0.329 e. The van der Waals surface area contributed by atoms with Crippen molar-refractivity contribution in [1.29, 1.82) is 0 Å². The van der Waals surface area contributed by atoms with Crippen LogP contribution in [0.15, 0.2) is 47.6 Å². The number of hydrogen-bond acceptors (Lipinski definition) is 15. The molecule has 0 aromatic heterocycles. The molecule has 2 saturated heterocycles. The Bertz CT molecular complexity index is 1860. The van der Waals surface area contributed by atoms with E-state index in [4.69, 9.17) is 38.3 Å². The molecule has 16 heteroatoms. The van der Waals surface area contributed by atoms with Gasteiger partial charge in [0.15, 0.2) is 5.78 Å². The number of hydrogen-bond donors (Lipinski definition) is 3. The van der Waals surface area contributed by atoms with Crippen LogP contribution >= 0.6 is 0 Å². The number of aliphatic hydroxyl groups excluding tert-OH is 2. The fourth-order valence-corrected chi connectivity index (χ4v) is 10.7. The molecule has 0 aromatic carbocycles. The molecule has 15 atom stereocenters. The van der Waals surface area contributed by atoms with Gasteiger partial charge < -0.3 is 53.4 Å². The summed E-state index contributed by atoms with van der Waals surface area (Å²) in [5.74, 6) is -7.99. The van der Waals surface area contributed by atoms with Gasteiger partial charge in [-0.3, -0.25) is 19.2 Å². The third-order valence-electron chi connectivity index (χ3n) is 15.2. The number of fused-ring (bicyclic) bond motifs is 3. The number of allylic oxidation sites excluding steroid dienone is 6. The zero-order valence-electron chi connectivity index (χ0n) is 44.3. The molecule has 1 amide bonds. The summed E-state index contributed by atoms with van der Waals surface area (Å²) >= 11 is 0. The van der Waals surface area contributed by atoms with E-state index >= 15 is 0 Å². The third-order valence-corrected chi connectivity index (χ3v) is 15.2. The van der Waals surface area contributed by atoms with Gasteiger partial charge in [-0.15, -0.1) is 0 Å². The van der Waals surface area contributed by atoms with Gasteiger partial charge in [0.25, 0.3) is 11.7 Å². The van der Waals surface area contributed by atoms with Gasteiger partial charge in [0.2, 0.25) is 5.79 Å². The minimum Gasteiger partial charge on any atom is -0.460 e. The van der Waals surface area contributed by atoms with Crippen LogP contribution in [0, 0.1) is 35.5 Å². The van der Waals surface area contributed by atoms with Crippen LogP contribution in [-0.2, 0) is 57.1 Å². The second kappa shape index (κ2) is 29.4. The number of amides is 1. The number of esters is 1. The Balaban J connectivity index is 1.67. The normalized spacial score (nSPS) is 38.0. The zero-order chi connectivity index (χ0) is 52.4. The van der Waals surface area contributed by atoms with E-state index in [-0.39, 0.29) is 74.1 Å². The van der Waals surface area contributed by atoms with Gasteiger partial charge in [0.05, 0.1) is 50.8 Å². The van der Waals surface area contributed by atoms with Crippen LogP contribution in [0.4, 0.5) is 0 Å². The van der Waals surface area contributed by atoms with E-state index in [2.05, 4.69) is 0 Å². The van der Waals surface area contributed by atoms with Crippen LogP contribution in [0.1, 0.15) is 126 Å². The van der Waals surface area contributed by atoms with Crippen LogP contribution in [0.5, 0.6) is 0 Å². The molecule has 4 rings (SSSR count). The molecule has 16 nitrogen and oxygen atoms in total. The van der Waals surface area contributed by atoms with E-state index in [0.717, 1.165) is 12.0 Å². The average Bonchev–Trinajstić information content (AvgIpc) is 3.35. The zero-order valence-corrected chi connectivity index (χ0v) is 44.3. The van der Waals surface area contributed by atoms with E-state index in [1.165, 1.54) is 12.0 Å². The van der Waals surface area contributed by atoms with Gasteiger partial charge >= 0.3 is 5.97 Å². The number of cyclic esters (lactones) is 1. The van der Waals surface area contributed by atoms with Crippen LogP contribution < -0.4 is 0 Å². The lowest BCUT2D eigenvalue weighted by Crippen LogP contribution is -2.61. The summed E-state index contributed by atoms with van der Waals surface area (Å²) in [6, 6.07) is -1.15. The number of methoxy groups -OCH3 is 3. The fourth-order valence-electron chi connectivity index (χ4n) is 10.7. The maximum Gasteiger partial charge on any atom is 0.329 e. The van der Waals surface area contributed by atoms with Crippen molar-refractivity contribution in [3.05, 3.63) is 47.6 Å². The highest BCUT2D eigenvalue weighted by atomic mass is 16.6. The van der Waals surface area contributed by atoms with E-state index in [1.54, 1.807) is 41.1 Å². The fraction of sp³-hybridized carbons (Fsp3) is 0.764. The Labute approximate surface area is 422 Å². The van der Waals surface area contributed by atoms with E-state index < -0.39 is 77.8 Å². The van der Waals surface area contributed by atoms with Gasteiger partial charge in [0, 0.05) is 58.5 Å². The molecule has 402 valence electrons. The molecule has 3 aliphatic heterocycles. The number of ketones is 3. The Morgan fingerprint density at radius 3 is 2.27 bits per heavy atom. The molecule has 3 heterocycles. The maximum absolute atomic E-state index is 14.5. The molecule has 1 aliphatic carbocycles. The maximum atomic E-state index is 14.5. The number of nitrogens with zero attached hydrogens (tertiary/aromatic N) is 1. The van der Waals surface area contributed by atoms with Crippen LogP contribution in [0.2, 0.25) is 0 Å². The van der Waals surface area contributed by atoms with Gasteiger partial charge in [-0.1, -0.05) is 71.1 Å². The predicted molar refractivity (Wildman–Crippen MR) is 267 cm³/mol. The quantitative estimate of drug-likeness (QED) is 0.0858. The minimum atomic E-state index is -2.44. The van der Waals surface area contributed by atoms with Crippen molar-refractivity contribution in [2.75, 3.05) is 54.3 Å². The second-order valence-corrected chi connectivity index (χ2v) is 20.8. The lowest BCUT2D eigenvalue weighted by molar-refractivity contribution is -0.265. The lowest BCUT2D eigenvalue weighted by atomic mass is 9.78. The van der Waals surface area contributed by atoms with Gasteiger partial charge in [-0.2, -0.15) is 0 Å². The summed E-state index contributed by atoms with van der Waals surface area (Å²) in [7, 11) is 4.60. The first-order valence-electron chi connectivity index (χ1n) is 26.1. The highest BCUT2D eigenvalue weighted by molar-refractivity contribution is 6.39. The average molecular weight is 1000 g/mol. The summed E-state index contributed by atoms with van der Waals surface area (Å²) in [6.07, 6.45) is 12.0. The standard InChI is InChI=1S/C55H87NO15/c1-34-16-12-11-13-17-35(2)46(65-8)32-42-21-19-40(7)55(64,71-42)52(61)53(62)56-23-15-14-18-43(56)54(63)70-47(33-44(58)36(3)29-39(6)50(60)51(67-10)49(59)38(5)28-34)37(4)30-41-20-22-45(48(31-41)66-9)69-27-26-68-25-24-57/h11-13,16-17,29,34,36-38,40-43,45-48,50-51,57,60,64H,14-15,18-28,30-33H2,1-10H3/b13-11+,16-12+,35-17+,39-29+/t34-,36-,37-,38-,40-,41+,42+,43+,45-,46?,47+,48-,50-,51?,55-/m1/s1. The summed E-state index contributed by atoms with van der Waals surface area (Å²) in [5, 5.41) is 32.5. The molecule has 2 unspecified atom stereocenters. The van der Waals surface area contributed by atoms with Crippen LogP contribution in [0.3, 0.4) is 0 Å². The second-order valence-electron chi connectivity index (χ2n) is 20.8. The number of carbonyl (C=O) groups excluding carboxylic acids is 5. The highest BCUT2D eigenvalue weighted by Gasteiger charge is 2.53. The molecule has 0 aromatic rings. The van der Waals surface area contributed by atoms with Gasteiger partial charge in [0.1, 0.15) is 30.1 Å². The van der Waals surface area contributed by atoms with Crippen molar-refractivity contribution >= 4 is 29.2 Å². The Kier molecular flexibility index (Phi) is 24.9. The molecular weight excluding hydrogens is 915 g/mol. The van der Waals surface area contributed by atoms with Crippen molar-refractivity contribution in [3.63, 3.8) is 0 Å². The first-order valence-corrected chi connectivity index (χ1v) is 26.1. The largest absolute Gasteiger partial charge is 0.460 e. The number of carbonyl (C=O) groups is 5. The molecule has 71 heavy (non-hydrogen) atoms. The molecule has 3 fully saturated rings. The topological polar surface area (TPSA) is 214 Å². The third kappa shape index (κ3) is 17.0. The first-order chi connectivity index (χ1) is 33.8. The van der Waals surface area contributed by atoms with Crippen molar-refractivity contribution in [3.8, 4) is 0 Å². The Morgan fingerprint density at radius 1 is 0.831 bits per heavy atom. The minimum absolute atomic E-state index is 0.0129. The van der Waals surface area contributed by atoms with Crippen LogP contribution in [-0.4, -0.2) is 158 Å².